The molecule has 0 aliphatic carbocycles. The van der Waals surface area contributed by atoms with Crippen LogP contribution >= 0.6 is 0 Å². The first-order chi connectivity index (χ1) is 13.6. The number of benzene rings is 2. The summed E-state index contributed by atoms with van der Waals surface area (Å²) in [6, 6.07) is 18.0. The maximum Gasteiger partial charge on any atom is 0.326 e. The minimum atomic E-state index is -1.25. The van der Waals surface area contributed by atoms with Gasteiger partial charge in [-0.05, 0) is 17.5 Å². The molecule has 1 fully saturated rings. The van der Waals surface area contributed by atoms with Crippen molar-refractivity contribution in [1.82, 2.24) is 10.2 Å². The topological polar surface area (TPSA) is 75.7 Å². The van der Waals surface area contributed by atoms with E-state index >= 15 is 0 Å². The van der Waals surface area contributed by atoms with E-state index in [0.717, 1.165) is 23.3 Å². The van der Waals surface area contributed by atoms with Gasteiger partial charge in [0, 0.05) is 6.42 Å². The number of esters is 1. The molecule has 3 rings (SSSR count). The number of hydrogen-bond donors (Lipinski definition) is 1. The van der Waals surface area contributed by atoms with Crippen molar-refractivity contribution in [3.63, 3.8) is 0 Å². The lowest BCUT2D eigenvalue weighted by Crippen LogP contribution is -2.46. The quantitative estimate of drug-likeness (QED) is 0.434. The van der Waals surface area contributed by atoms with Crippen LogP contribution in [0.1, 0.15) is 30.9 Å². The Kier molecular flexibility index (Phi) is 6.09. The van der Waals surface area contributed by atoms with E-state index in [4.69, 9.17) is 4.74 Å². The Morgan fingerprint density at radius 2 is 1.68 bits per heavy atom. The summed E-state index contributed by atoms with van der Waals surface area (Å²) in [7, 11) is 0. The summed E-state index contributed by atoms with van der Waals surface area (Å²) in [5.74, 6) is -1.03. The monoisotopic (exact) mass is 380 g/mol. The summed E-state index contributed by atoms with van der Waals surface area (Å²) < 4.78 is 5.12. The summed E-state index contributed by atoms with van der Waals surface area (Å²) in [6.45, 7) is 1.88. The Morgan fingerprint density at radius 1 is 1.04 bits per heavy atom. The summed E-state index contributed by atoms with van der Waals surface area (Å²) in [5, 5.41) is 2.83. The molecular formula is C22H24N2O4. The van der Waals surface area contributed by atoms with E-state index in [1.54, 1.807) is 0 Å². The van der Waals surface area contributed by atoms with Crippen molar-refractivity contribution in [2.75, 3.05) is 13.2 Å². The molecular weight excluding hydrogens is 356 g/mol. The van der Waals surface area contributed by atoms with Crippen molar-refractivity contribution in [2.24, 2.45) is 0 Å². The standard InChI is InChI=1S/C22H24N2O4/c1-2-3-14-28-19(25)16-24-20(26)22(23-21(24)27,18-12-8-5-9-13-18)15-17-10-6-4-7-11-17/h4-13H,2-3,14-16H2,1H3,(H,23,27)/t22-/m1/s1. The van der Waals surface area contributed by atoms with Gasteiger partial charge >= 0.3 is 12.0 Å². The molecule has 6 heteroatoms. The summed E-state index contributed by atoms with van der Waals surface area (Å²) >= 11 is 0. The molecule has 0 aromatic heterocycles. The number of nitrogens with zero attached hydrogens (tertiary/aromatic N) is 1. The Bertz CT molecular complexity index is 838. The number of carbonyl (C=O) groups excluding carboxylic acids is 3. The second kappa shape index (κ2) is 8.69. The minimum Gasteiger partial charge on any atom is -0.464 e. The molecule has 0 radical (unpaired) electrons. The normalized spacial score (nSPS) is 18.8. The molecule has 1 aliphatic rings. The van der Waals surface area contributed by atoms with Gasteiger partial charge in [-0.3, -0.25) is 14.5 Å². The number of rotatable bonds is 8. The third-order valence-electron chi connectivity index (χ3n) is 4.80. The van der Waals surface area contributed by atoms with Gasteiger partial charge in [0.2, 0.25) is 0 Å². The van der Waals surface area contributed by atoms with Crippen molar-refractivity contribution >= 4 is 17.9 Å². The van der Waals surface area contributed by atoms with E-state index in [9.17, 15) is 14.4 Å². The van der Waals surface area contributed by atoms with Crippen LogP contribution in [-0.2, 0) is 26.3 Å². The fraction of sp³-hybridized carbons (Fsp3) is 0.318. The minimum absolute atomic E-state index is 0.285. The Morgan fingerprint density at radius 3 is 2.32 bits per heavy atom. The van der Waals surface area contributed by atoms with Crippen molar-refractivity contribution in [3.05, 3.63) is 71.8 Å². The molecule has 6 nitrogen and oxygen atoms in total. The van der Waals surface area contributed by atoms with Crippen molar-refractivity contribution in [2.45, 2.75) is 31.7 Å². The Hall–Kier alpha value is -3.15. The molecule has 0 unspecified atom stereocenters. The van der Waals surface area contributed by atoms with Gasteiger partial charge in [0.25, 0.3) is 5.91 Å². The van der Waals surface area contributed by atoms with Crippen LogP contribution in [0.2, 0.25) is 0 Å². The number of ether oxygens (including phenoxy) is 1. The SMILES string of the molecule is CCCCOC(=O)CN1C(=O)N[C@](Cc2ccccc2)(c2ccccc2)C1=O. The molecule has 0 bridgehead atoms. The molecule has 28 heavy (non-hydrogen) atoms. The van der Waals surface area contributed by atoms with Crippen LogP contribution in [0, 0.1) is 0 Å². The number of amides is 3. The van der Waals surface area contributed by atoms with E-state index in [0.29, 0.717) is 12.0 Å². The smallest absolute Gasteiger partial charge is 0.326 e. The van der Waals surface area contributed by atoms with Gasteiger partial charge in [-0.25, -0.2) is 4.79 Å². The van der Waals surface area contributed by atoms with Crippen LogP contribution in [0.4, 0.5) is 4.79 Å². The number of imide groups is 1. The van der Waals surface area contributed by atoms with E-state index in [-0.39, 0.29) is 6.61 Å². The van der Waals surface area contributed by atoms with Gasteiger partial charge in [-0.2, -0.15) is 0 Å². The fourth-order valence-electron chi connectivity index (χ4n) is 3.32. The largest absolute Gasteiger partial charge is 0.464 e. The highest BCUT2D eigenvalue weighted by Gasteiger charge is 2.52. The zero-order chi connectivity index (χ0) is 20.0. The zero-order valence-electron chi connectivity index (χ0n) is 15.9. The second-order valence-electron chi connectivity index (χ2n) is 6.83. The molecule has 2 aromatic rings. The number of hydrogen-bond acceptors (Lipinski definition) is 4. The van der Waals surface area contributed by atoms with Gasteiger partial charge in [0.05, 0.1) is 6.61 Å². The van der Waals surface area contributed by atoms with E-state index < -0.39 is 30.0 Å². The third kappa shape index (κ3) is 4.06. The van der Waals surface area contributed by atoms with E-state index in [2.05, 4.69) is 5.32 Å². The van der Waals surface area contributed by atoms with Gasteiger partial charge < -0.3 is 10.1 Å². The van der Waals surface area contributed by atoms with Gasteiger partial charge in [0.1, 0.15) is 6.54 Å². The molecule has 146 valence electrons. The predicted octanol–water partition coefficient (Wildman–Crippen LogP) is 3.02. The molecule has 0 saturated carbocycles. The number of nitrogens with one attached hydrogen (secondary N) is 1. The lowest BCUT2D eigenvalue weighted by molar-refractivity contribution is -0.148. The lowest BCUT2D eigenvalue weighted by Gasteiger charge is -2.27. The third-order valence-corrected chi connectivity index (χ3v) is 4.80. The number of urea groups is 1. The first kappa shape index (κ1) is 19.6. The maximum absolute atomic E-state index is 13.3. The van der Waals surface area contributed by atoms with Crippen LogP contribution in [0.3, 0.4) is 0 Å². The number of unbranched alkanes of at least 4 members (excludes halogenated alkanes) is 1. The average Bonchev–Trinajstić information content (AvgIpc) is 2.95. The summed E-state index contributed by atoms with van der Waals surface area (Å²) in [5.41, 5.74) is 0.343. The van der Waals surface area contributed by atoms with Crippen molar-refractivity contribution < 1.29 is 19.1 Å². The van der Waals surface area contributed by atoms with Crippen molar-refractivity contribution in [1.29, 1.82) is 0 Å². The highest BCUT2D eigenvalue weighted by molar-refractivity contribution is 6.09. The molecule has 1 atom stereocenters. The van der Waals surface area contributed by atoms with Crippen molar-refractivity contribution in [3.8, 4) is 0 Å². The Balaban J connectivity index is 1.87. The van der Waals surface area contributed by atoms with Gasteiger partial charge in [-0.15, -0.1) is 0 Å². The van der Waals surface area contributed by atoms with Crippen LogP contribution in [-0.4, -0.2) is 36.0 Å². The molecule has 0 spiro atoms. The lowest BCUT2D eigenvalue weighted by atomic mass is 9.83. The molecule has 3 amide bonds. The first-order valence-electron chi connectivity index (χ1n) is 9.46. The molecule has 1 N–H and O–H groups in total. The fourth-order valence-corrected chi connectivity index (χ4v) is 3.32. The second-order valence-corrected chi connectivity index (χ2v) is 6.83. The highest BCUT2D eigenvalue weighted by Crippen LogP contribution is 2.32. The molecule has 1 heterocycles. The zero-order valence-corrected chi connectivity index (χ0v) is 15.9. The first-order valence-corrected chi connectivity index (χ1v) is 9.46. The van der Waals surface area contributed by atoms with Crippen LogP contribution in [0.25, 0.3) is 0 Å². The average molecular weight is 380 g/mol. The summed E-state index contributed by atoms with van der Waals surface area (Å²) in [4.78, 5) is 39.0. The van der Waals surface area contributed by atoms with Gasteiger partial charge in [0.15, 0.2) is 5.54 Å². The molecule has 1 saturated heterocycles. The molecule has 2 aromatic carbocycles. The number of carbonyl (C=O) groups is 3. The van der Waals surface area contributed by atoms with Crippen LogP contribution in [0.5, 0.6) is 0 Å². The summed E-state index contributed by atoms with van der Waals surface area (Å²) in [6.07, 6.45) is 1.93. The predicted molar refractivity (Wildman–Crippen MR) is 104 cm³/mol. The van der Waals surface area contributed by atoms with Crippen LogP contribution < -0.4 is 5.32 Å². The highest BCUT2D eigenvalue weighted by atomic mass is 16.5. The molecule has 1 aliphatic heterocycles. The van der Waals surface area contributed by atoms with Gasteiger partial charge in [-0.1, -0.05) is 74.0 Å². The van der Waals surface area contributed by atoms with E-state index in [1.807, 2.05) is 67.6 Å². The Labute approximate surface area is 164 Å². The van der Waals surface area contributed by atoms with E-state index in [1.165, 1.54) is 0 Å². The van der Waals surface area contributed by atoms with Crippen LogP contribution in [0.15, 0.2) is 60.7 Å². The maximum atomic E-state index is 13.3.